The largest absolute Gasteiger partial charge is 0.429 e. The summed E-state index contributed by atoms with van der Waals surface area (Å²) < 4.78 is 5.50. The van der Waals surface area contributed by atoms with Gasteiger partial charge >= 0.3 is 5.97 Å². The molecule has 4 rings (SSSR count). The molecule has 18 heavy (non-hydrogen) atoms. The summed E-state index contributed by atoms with van der Waals surface area (Å²) in [5, 5.41) is 11.0. The molecule has 3 nitrogen and oxygen atoms in total. The highest BCUT2D eigenvalue weighted by Gasteiger charge is 2.65. The molecular formula is C15H22O3. The summed E-state index contributed by atoms with van der Waals surface area (Å²) >= 11 is 0. The molecule has 0 spiro atoms. The van der Waals surface area contributed by atoms with Crippen molar-refractivity contribution in [3.05, 3.63) is 12.2 Å². The van der Waals surface area contributed by atoms with Gasteiger partial charge in [0.25, 0.3) is 0 Å². The fourth-order valence-electron chi connectivity index (χ4n) is 4.80. The van der Waals surface area contributed by atoms with E-state index in [4.69, 9.17) is 4.74 Å². The minimum Gasteiger partial charge on any atom is -0.429 e. The molecule has 0 radical (unpaired) electrons. The summed E-state index contributed by atoms with van der Waals surface area (Å²) in [7, 11) is 0. The van der Waals surface area contributed by atoms with Crippen molar-refractivity contribution in [1.82, 2.24) is 0 Å². The van der Waals surface area contributed by atoms with E-state index in [0.717, 1.165) is 37.5 Å². The third-order valence-electron chi connectivity index (χ3n) is 5.40. The Balaban J connectivity index is 1.91. The minimum atomic E-state index is -1.27. The number of carbonyl (C=O) groups is 1. The van der Waals surface area contributed by atoms with Gasteiger partial charge in [0.1, 0.15) is 0 Å². The number of ether oxygens (including phenoxy) is 1. The lowest BCUT2D eigenvalue weighted by molar-refractivity contribution is -0.334. The molecule has 100 valence electrons. The van der Waals surface area contributed by atoms with Crippen LogP contribution >= 0.6 is 0 Å². The average Bonchev–Trinajstić information content (AvgIpc) is 2.24. The Morgan fingerprint density at radius 2 is 1.83 bits per heavy atom. The van der Waals surface area contributed by atoms with Gasteiger partial charge in [0, 0.05) is 16.9 Å². The van der Waals surface area contributed by atoms with Crippen molar-refractivity contribution >= 4 is 5.97 Å². The van der Waals surface area contributed by atoms with Gasteiger partial charge in [0.2, 0.25) is 5.79 Å². The maximum atomic E-state index is 11.8. The van der Waals surface area contributed by atoms with Crippen LogP contribution in [0.5, 0.6) is 0 Å². The van der Waals surface area contributed by atoms with Crippen LogP contribution in [0.3, 0.4) is 0 Å². The monoisotopic (exact) mass is 250 g/mol. The normalized spacial score (nSPS) is 49.2. The maximum Gasteiger partial charge on any atom is 0.335 e. The van der Waals surface area contributed by atoms with Gasteiger partial charge in [-0.1, -0.05) is 13.5 Å². The van der Waals surface area contributed by atoms with E-state index in [0.29, 0.717) is 5.57 Å². The zero-order chi connectivity index (χ0) is 13.1. The molecule has 1 N–H and O–H groups in total. The molecule has 4 fully saturated rings. The summed E-state index contributed by atoms with van der Waals surface area (Å²) in [5.74, 6) is -0.160. The molecule has 4 aliphatic rings. The van der Waals surface area contributed by atoms with E-state index >= 15 is 0 Å². The topological polar surface area (TPSA) is 46.5 Å². The summed E-state index contributed by atoms with van der Waals surface area (Å²) in [5.41, 5.74) is 0.105. The quantitative estimate of drug-likeness (QED) is 0.465. The Hall–Kier alpha value is -0.830. The van der Waals surface area contributed by atoms with Gasteiger partial charge in [-0.3, -0.25) is 0 Å². The highest BCUT2D eigenvalue weighted by molar-refractivity contribution is 5.87. The molecule has 0 heterocycles. The fourth-order valence-corrected chi connectivity index (χ4v) is 4.80. The Labute approximate surface area is 108 Å². The van der Waals surface area contributed by atoms with Crippen LogP contribution in [0.15, 0.2) is 12.2 Å². The van der Waals surface area contributed by atoms with Crippen LogP contribution in [0.25, 0.3) is 0 Å². The lowest BCUT2D eigenvalue weighted by atomic mass is 9.47. The van der Waals surface area contributed by atoms with E-state index in [2.05, 4.69) is 13.5 Å². The number of carbonyl (C=O) groups excluding carboxylic acids is 1. The molecule has 0 saturated heterocycles. The van der Waals surface area contributed by atoms with Gasteiger partial charge in [-0.2, -0.15) is 0 Å². The number of aliphatic hydroxyl groups is 1. The molecule has 0 amide bonds. The predicted octanol–water partition coefficient (Wildman–Crippen LogP) is 2.64. The Morgan fingerprint density at radius 1 is 1.28 bits per heavy atom. The van der Waals surface area contributed by atoms with Gasteiger partial charge in [-0.05, 0) is 50.9 Å². The average molecular weight is 250 g/mol. The summed E-state index contributed by atoms with van der Waals surface area (Å²) in [6.07, 6.45) is 5.29. The van der Waals surface area contributed by atoms with Crippen LogP contribution in [0, 0.1) is 23.2 Å². The van der Waals surface area contributed by atoms with E-state index in [9.17, 15) is 9.90 Å². The predicted molar refractivity (Wildman–Crippen MR) is 67.5 cm³/mol. The second-order valence-electron chi connectivity index (χ2n) is 6.97. The molecule has 0 aromatic heterocycles. The third kappa shape index (κ3) is 1.49. The lowest BCUT2D eigenvalue weighted by Crippen LogP contribution is -2.65. The second kappa shape index (κ2) is 3.60. The summed E-state index contributed by atoms with van der Waals surface area (Å²) in [6, 6.07) is 0. The molecule has 4 saturated carbocycles. The maximum absolute atomic E-state index is 11.8. The van der Waals surface area contributed by atoms with Crippen LogP contribution in [0.4, 0.5) is 0 Å². The zero-order valence-corrected chi connectivity index (χ0v) is 11.2. The van der Waals surface area contributed by atoms with Crippen molar-refractivity contribution in [2.75, 3.05) is 0 Å². The SMILES string of the molecule is C=C(C)C(=O)OC1(O)C2CC3CC(C2)CC1(C)C3. The van der Waals surface area contributed by atoms with Crippen molar-refractivity contribution in [1.29, 1.82) is 0 Å². The van der Waals surface area contributed by atoms with Crippen molar-refractivity contribution in [2.24, 2.45) is 23.2 Å². The number of esters is 1. The Morgan fingerprint density at radius 3 is 2.28 bits per heavy atom. The molecule has 3 unspecified atom stereocenters. The molecule has 0 aromatic rings. The van der Waals surface area contributed by atoms with Crippen molar-refractivity contribution in [3.63, 3.8) is 0 Å². The van der Waals surface area contributed by atoms with Gasteiger partial charge < -0.3 is 9.84 Å². The van der Waals surface area contributed by atoms with Gasteiger partial charge in [-0.15, -0.1) is 0 Å². The zero-order valence-electron chi connectivity index (χ0n) is 11.2. The van der Waals surface area contributed by atoms with Crippen LogP contribution in [0.1, 0.15) is 46.0 Å². The van der Waals surface area contributed by atoms with Crippen molar-refractivity contribution in [3.8, 4) is 0 Å². The van der Waals surface area contributed by atoms with Crippen LogP contribution in [-0.2, 0) is 9.53 Å². The van der Waals surface area contributed by atoms with E-state index in [-0.39, 0.29) is 11.3 Å². The molecule has 3 atom stereocenters. The van der Waals surface area contributed by atoms with Crippen LogP contribution in [-0.4, -0.2) is 16.9 Å². The molecule has 0 aromatic carbocycles. The van der Waals surface area contributed by atoms with Crippen molar-refractivity contribution < 1.29 is 14.6 Å². The van der Waals surface area contributed by atoms with E-state index in [1.54, 1.807) is 6.92 Å². The Bertz CT molecular complexity index is 400. The number of rotatable bonds is 2. The molecule has 4 bridgehead atoms. The standard InChI is InChI=1S/C15H22O3/c1-9(2)13(16)18-15(17)12-5-10-4-11(6-12)8-14(15,3)7-10/h10-12,17H,1,4-8H2,2-3H3. The first-order valence-corrected chi connectivity index (χ1v) is 6.95. The first kappa shape index (κ1) is 12.2. The highest BCUT2D eigenvalue weighted by Crippen LogP contribution is 2.64. The van der Waals surface area contributed by atoms with Gasteiger partial charge in [-0.25, -0.2) is 4.79 Å². The number of hydrogen-bond acceptors (Lipinski definition) is 3. The van der Waals surface area contributed by atoms with E-state index in [1.807, 2.05) is 0 Å². The van der Waals surface area contributed by atoms with Crippen molar-refractivity contribution in [2.45, 2.75) is 51.7 Å². The lowest BCUT2D eigenvalue weighted by Gasteiger charge is -2.62. The minimum absolute atomic E-state index is 0.122. The molecule has 0 aliphatic heterocycles. The fraction of sp³-hybridized carbons (Fsp3) is 0.800. The summed E-state index contributed by atoms with van der Waals surface area (Å²) in [6.45, 7) is 7.32. The van der Waals surface area contributed by atoms with Gasteiger partial charge in [0.05, 0.1) is 0 Å². The van der Waals surface area contributed by atoms with Crippen LogP contribution < -0.4 is 0 Å². The highest BCUT2D eigenvalue weighted by atomic mass is 16.7. The number of hydrogen-bond donors (Lipinski definition) is 1. The van der Waals surface area contributed by atoms with E-state index in [1.165, 1.54) is 6.42 Å². The smallest absolute Gasteiger partial charge is 0.335 e. The third-order valence-corrected chi connectivity index (χ3v) is 5.40. The van der Waals surface area contributed by atoms with Crippen LogP contribution in [0.2, 0.25) is 0 Å². The summed E-state index contributed by atoms with van der Waals surface area (Å²) in [4.78, 5) is 11.8. The van der Waals surface area contributed by atoms with E-state index < -0.39 is 11.8 Å². The first-order chi connectivity index (χ1) is 8.34. The second-order valence-corrected chi connectivity index (χ2v) is 6.97. The molecule has 3 heteroatoms. The Kier molecular flexibility index (Phi) is 2.44. The molecule has 4 aliphatic carbocycles. The molecular weight excluding hydrogens is 228 g/mol. The van der Waals surface area contributed by atoms with Gasteiger partial charge in [0.15, 0.2) is 0 Å². The first-order valence-electron chi connectivity index (χ1n) is 6.95.